The van der Waals surface area contributed by atoms with Crippen LogP contribution in [0.5, 0.6) is 0 Å². The quantitative estimate of drug-likeness (QED) is 0.363. The Balaban J connectivity index is 2.77. The minimum atomic E-state index is -0.812. The summed E-state index contributed by atoms with van der Waals surface area (Å²) in [5, 5.41) is 10.6. The molecule has 1 unspecified atom stereocenters. The summed E-state index contributed by atoms with van der Waals surface area (Å²) in [6.07, 6.45) is 3.51. The maximum atomic E-state index is 11.4. The maximum absolute atomic E-state index is 11.4. The second-order valence-corrected chi connectivity index (χ2v) is 4.52. The smallest absolute Gasteiger partial charge is 0.334 e. The van der Waals surface area contributed by atoms with E-state index >= 15 is 0 Å². The van der Waals surface area contributed by atoms with Gasteiger partial charge in [0.05, 0.1) is 25.4 Å². The summed E-state index contributed by atoms with van der Waals surface area (Å²) >= 11 is 5.79. The zero-order valence-corrected chi connectivity index (χ0v) is 12.8. The fourth-order valence-electron chi connectivity index (χ4n) is 1.56. The molecule has 0 amide bonds. The Hall–Kier alpha value is -1.78. The van der Waals surface area contributed by atoms with Crippen LogP contribution in [0.15, 0.2) is 48.3 Å². The second-order valence-electron chi connectivity index (χ2n) is 4.09. The highest BCUT2D eigenvalue weighted by Gasteiger charge is 2.05. The first-order valence-electron chi connectivity index (χ1n) is 6.69. The van der Waals surface area contributed by atoms with E-state index in [0.29, 0.717) is 29.6 Å². The van der Waals surface area contributed by atoms with E-state index in [9.17, 15) is 9.90 Å². The molecule has 114 valence electrons. The normalized spacial score (nSPS) is 13.2. The Labute approximate surface area is 129 Å². The molecule has 0 aromatic heterocycles. The van der Waals surface area contributed by atoms with E-state index in [1.165, 1.54) is 12.2 Å². The first-order chi connectivity index (χ1) is 10.1. The molecule has 5 heteroatoms. The Kier molecular flexibility index (Phi) is 7.58. The number of hydrogen-bond acceptors (Lipinski definition) is 4. The molecule has 0 aliphatic rings. The molecule has 0 radical (unpaired) electrons. The monoisotopic (exact) mass is 310 g/mol. The molecular formula is C16H19ClO4. The summed E-state index contributed by atoms with van der Waals surface area (Å²) in [6, 6.07) is 6.86. The number of carbonyl (C=O) groups excluding carboxylic acids is 1. The van der Waals surface area contributed by atoms with Crippen molar-refractivity contribution >= 4 is 17.6 Å². The van der Waals surface area contributed by atoms with Gasteiger partial charge in [0.2, 0.25) is 0 Å². The van der Waals surface area contributed by atoms with E-state index in [2.05, 4.69) is 0 Å². The predicted molar refractivity (Wildman–Crippen MR) is 81.9 cm³/mol. The van der Waals surface area contributed by atoms with Gasteiger partial charge >= 0.3 is 5.97 Å². The number of allylic oxidation sites excluding steroid dienone is 1. The summed E-state index contributed by atoms with van der Waals surface area (Å²) in [5.74, 6) is -0.143. The van der Waals surface area contributed by atoms with Crippen LogP contribution in [-0.2, 0) is 14.3 Å². The van der Waals surface area contributed by atoms with Crippen LogP contribution in [0.3, 0.4) is 0 Å². The number of esters is 1. The van der Waals surface area contributed by atoms with Crippen molar-refractivity contribution in [1.82, 2.24) is 0 Å². The van der Waals surface area contributed by atoms with Gasteiger partial charge in [0, 0.05) is 5.02 Å². The van der Waals surface area contributed by atoms with Gasteiger partial charge in [-0.2, -0.15) is 0 Å². The molecule has 0 bridgehead atoms. The molecule has 1 N–H and O–H groups in total. The SMILES string of the molecule is CCOC(=O)/C=C(\C=C\C(O)c1ccc(Cl)cc1)OCC. The van der Waals surface area contributed by atoms with Crippen molar-refractivity contribution in [1.29, 1.82) is 0 Å². The number of ether oxygens (including phenoxy) is 2. The minimum absolute atomic E-state index is 0.297. The largest absolute Gasteiger partial charge is 0.494 e. The van der Waals surface area contributed by atoms with Gasteiger partial charge in [-0.15, -0.1) is 0 Å². The third-order valence-corrected chi connectivity index (χ3v) is 2.76. The van der Waals surface area contributed by atoms with Gasteiger partial charge in [-0.25, -0.2) is 4.79 Å². The zero-order chi connectivity index (χ0) is 15.7. The van der Waals surface area contributed by atoms with Crippen molar-refractivity contribution in [2.24, 2.45) is 0 Å². The highest BCUT2D eigenvalue weighted by atomic mass is 35.5. The summed E-state index contributed by atoms with van der Waals surface area (Å²) in [7, 11) is 0. The molecule has 1 aromatic rings. The maximum Gasteiger partial charge on any atom is 0.334 e. The lowest BCUT2D eigenvalue weighted by atomic mass is 10.1. The number of aliphatic hydroxyl groups is 1. The van der Waals surface area contributed by atoms with E-state index in [1.807, 2.05) is 6.92 Å². The zero-order valence-electron chi connectivity index (χ0n) is 12.1. The van der Waals surface area contributed by atoms with Gasteiger partial charge < -0.3 is 14.6 Å². The van der Waals surface area contributed by atoms with E-state index in [4.69, 9.17) is 21.1 Å². The number of carbonyl (C=O) groups is 1. The van der Waals surface area contributed by atoms with E-state index < -0.39 is 12.1 Å². The number of halogens is 1. The average Bonchev–Trinajstić information content (AvgIpc) is 2.45. The van der Waals surface area contributed by atoms with Crippen LogP contribution in [0, 0.1) is 0 Å². The van der Waals surface area contributed by atoms with Crippen molar-refractivity contribution in [2.45, 2.75) is 20.0 Å². The molecule has 1 rings (SSSR count). The van der Waals surface area contributed by atoms with Crippen LogP contribution in [-0.4, -0.2) is 24.3 Å². The van der Waals surface area contributed by atoms with Crippen molar-refractivity contribution < 1.29 is 19.4 Å². The molecular weight excluding hydrogens is 292 g/mol. The van der Waals surface area contributed by atoms with Crippen LogP contribution < -0.4 is 0 Å². The molecule has 1 aromatic carbocycles. The first-order valence-corrected chi connectivity index (χ1v) is 7.07. The predicted octanol–water partition coefficient (Wildman–Crippen LogP) is 3.41. The van der Waals surface area contributed by atoms with Crippen molar-refractivity contribution in [2.75, 3.05) is 13.2 Å². The lowest BCUT2D eigenvalue weighted by Crippen LogP contribution is -2.02. The fraction of sp³-hybridized carbons (Fsp3) is 0.312. The van der Waals surface area contributed by atoms with Gasteiger partial charge in [-0.1, -0.05) is 23.7 Å². The fourth-order valence-corrected chi connectivity index (χ4v) is 1.69. The van der Waals surface area contributed by atoms with Crippen LogP contribution in [0.25, 0.3) is 0 Å². The summed E-state index contributed by atoms with van der Waals surface area (Å²) < 4.78 is 10.1. The number of hydrogen-bond donors (Lipinski definition) is 1. The summed E-state index contributed by atoms with van der Waals surface area (Å²) in [4.78, 5) is 11.4. The lowest BCUT2D eigenvalue weighted by Gasteiger charge is -2.07. The van der Waals surface area contributed by atoms with Crippen molar-refractivity contribution in [3.63, 3.8) is 0 Å². The molecule has 0 heterocycles. The third-order valence-electron chi connectivity index (χ3n) is 2.51. The van der Waals surface area contributed by atoms with Crippen LogP contribution in [0.2, 0.25) is 5.02 Å². The standard InChI is InChI=1S/C16H19ClO4/c1-3-20-14(11-16(19)21-4-2)9-10-15(18)12-5-7-13(17)8-6-12/h5-11,15,18H,3-4H2,1-2H3/b10-9+,14-11+. The van der Waals surface area contributed by atoms with Crippen LogP contribution in [0.4, 0.5) is 0 Å². The first kappa shape index (κ1) is 17.3. The Morgan fingerprint density at radius 3 is 2.43 bits per heavy atom. The summed E-state index contributed by atoms with van der Waals surface area (Å²) in [5.41, 5.74) is 0.697. The average molecular weight is 311 g/mol. The highest BCUT2D eigenvalue weighted by Crippen LogP contribution is 2.18. The minimum Gasteiger partial charge on any atom is -0.494 e. The van der Waals surface area contributed by atoms with Crippen molar-refractivity contribution in [3.05, 3.63) is 58.8 Å². The molecule has 0 fully saturated rings. The topological polar surface area (TPSA) is 55.8 Å². The Morgan fingerprint density at radius 2 is 1.86 bits per heavy atom. The lowest BCUT2D eigenvalue weighted by molar-refractivity contribution is -0.137. The van der Waals surface area contributed by atoms with Crippen molar-refractivity contribution in [3.8, 4) is 0 Å². The molecule has 4 nitrogen and oxygen atoms in total. The van der Waals surface area contributed by atoms with E-state index in [1.54, 1.807) is 37.3 Å². The molecule has 0 aliphatic heterocycles. The molecule has 0 aliphatic carbocycles. The van der Waals surface area contributed by atoms with Gasteiger partial charge in [0.1, 0.15) is 5.76 Å². The third kappa shape index (κ3) is 6.47. The van der Waals surface area contributed by atoms with Gasteiger partial charge in [0.25, 0.3) is 0 Å². The molecule has 21 heavy (non-hydrogen) atoms. The molecule has 0 spiro atoms. The summed E-state index contributed by atoms with van der Waals surface area (Å²) in [6.45, 7) is 4.24. The highest BCUT2D eigenvalue weighted by molar-refractivity contribution is 6.30. The Bertz CT molecular complexity index is 506. The number of benzene rings is 1. The van der Waals surface area contributed by atoms with E-state index in [0.717, 1.165) is 0 Å². The van der Waals surface area contributed by atoms with Crippen LogP contribution >= 0.6 is 11.6 Å². The van der Waals surface area contributed by atoms with Gasteiger partial charge in [0.15, 0.2) is 0 Å². The molecule has 0 saturated heterocycles. The van der Waals surface area contributed by atoms with E-state index in [-0.39, 0.29) is 0 Å². The van der Waals surface area contributed by atoms with Crippen LogP contribution in [0.1, 0.15) is 25.5 Å². The molecule has 1 atom stereocenters. The Morgan fingerprint density at radius 1 is 1.24 bits per heavy atom. The van der Waals surface area contributed by atoms with Gasteiger partial charge in [-0.05, 0) is 43.7 Å². The second kappa shape index (κ2) is 9.21. The molecule has 0 saturated carbocycles. The van der Waals surface area contributed by atoms with Gasteiger partial charge in [-0.3, -0.25) is 0 Å². The number of rotatable bonds is 7. The number of aliphatic hydroxyl groups excluding tert-OH is 1.